The maximum atomic E-state index is 12.5. The van der Waals surface area contributed by atoms with E-state index in [2.05, 4.69) is 15.3 Å². The van der Waals surface area contributed by atoms with Gasteiger partial charge in [0.25, 0.3) is 0 Å². The second-order valence-electron chi connectivity index (χ2n) is 5.07. The number of nitrogens with one attached hydrogen (secondary N) is 1. The zero-order valence-corrected chi connectivity index (χ0v) is 13.9. The van der Waals surface area contributed by atoms with Crippen LogP contribution in [0.15, 0.2) is 30.6 Å². The summed E-state index contributed by atoms with van der Waals surface area (Å²) in [5, 5.41) is 3.80. The van der Waals surface area contributed by atoms with E-state index in [4.69, 9.17) is 23.2 Å². The van der Waals surface area contributed by atoms with E-state index in [0.717, 1.165) is 24.0 Å². The summed E-state index contributed by atoms with van der Waals surface area (Å²) in [5.74, 6) is 0.0836. The van der Waals surface area contributed by atoms with E-state index in [1.54, 1.807) is 18.3 Å². The van der Waals surface area contributed by atoms with Crippen molar-refractivity contribution in [2.75, 3.05) is 5.32 Å². The van der Waals surface area contributed by atoms with Crippen LogP contribution in [-0.4, -0.2) is 15.9 Å². The van der Waals surface area contributed by atoms with Gasteiger partial charge in [-0.25, -0.2) is 9.97 Å². The maximum absolute atomic E-state index is 12.5. The van der Waals surface area contributed by atoms with Crippen molar-refractivity contribution in [2.24, 2.45) is 0 Å². The number of aromatic nitrogens is 2. The van der Waals surface area contributed by atoms with E-state index in [0.29, 0.717) is 16.0 Å². The molecule has 0 radical (unpaired) electrons. The predicted molar refractivity (Wildman–Crippen MR) is 89.5 cm³/mol. The Bertz CT molecular complexity index is 659. The van der Waals surface area contributed by atoms with E-state index in [1.807, 2.05) is 19.9 Å². The quantitative estimate of drug-likeness (QED) is 0.810. The molecular weight excluding hydrogens is 321 g/mol. The van der Waals surface area contributed by atoms with E-state index < -0.39 is 0 Å². The molecule has 1 amide bonds. The van der Waals surface area contributed by atoms with Gasteiger partial charge in [0.2, 0.25) is 5.91 Å². The fraction of sp³-hybridized carbons (Fsp3) is 0.312. The number of hydrogen-bond donors (Lipinski definition) is 1. The summed E-state index contributed by atoms with van der Waals surface area (Å²) >= 11 is 11.7. The summed E-state index contributed by atoms with van der Waals surface area (Å²) < 4.78 is 0. The molecule has 0 saturated carbocycles. The Kier molecular flexibility index (Phi) is 5.75. The second-order valence-corrected chi connectivity index (χ2v) is 5.86. The minimum Gasteiger partial charge on any atom is -0.310 e. The highest BCUT2D eigenvalue weighted by Gasteiger charge is 2.21. The molecule has 0 aliphatic carbocycles. The van der Waals surface area contributed by atoms with Crippen LogP contribution in [0.5, 0.6) is 0 Å². The monoisotopic (exact) mass is 337 g/mol. The highest BCUT2D eigenvalue weighted by Crippen LogP contribution is 2.25. The first-order valence-corrected chi connectivity index (χ1v) is 7.81. The summed E-state index contributed by atoms with van der Waals surface area (Å²) in [6.45, 7) is 3.91. The van der Waals surface area contributed by atoms with Crippen molar-refractivity contribution in [3.8, 4) is 0 Å². The first kappa shape index (κ1) is 16.7. The Morgan fingerprint density at radius 1 is 1.27 bits per heavy atom. The first-order chi connectivity index (χ1) is 10.5. The van der Waals surface area contributed by atoms with Gasteiger partial charge in [-0.3, -0.25) is 4.79 Å². The first-order valence-electron chi connectivity index (χ1n) is 7.05. The molecule has 2 aromatic heterocycles. The van der Waals surface area contributed by atoms with Crippen LogP contribution in [0.25, 0.3) is 0 Å². The van der Waals surface area contributed by atoms with Crippen LogP contribution in [-0.2, 0) is 4.79 Å². The van der Waals surface area contributed by atoms with Crippen LogP contribution in [0.1, 0.15) is 36.8 Å². The molecule has 0 aliphatic rings. The lowest BCUT2D eigenvalue weighted by Gasteiger charge is -2.16. The average Bonchev–Trinajstić information content (AvgIpc) is 2.50. The van der Waals surface area contributed by atoms with Crippen molar-refractivity contribution in [3.63, 3.8) is 0 Å². The molecule has 6 heteroatoms. The van der Waals surface area contributed by atoms with Crippen molar-refractivity contribution in [2.45, 2.75) is 32.6 Å². The van der Waals surface area contributed by atoms with Crippen LogP contribution in [0.2, 0.25) is 10.2 Å². The van der Waals surface area contributed by atoms with Crippen molar-refractivity contribution in [1.29, 1.82) is 0 Å². The standard InChI is InChI=1S/C16H17Cl2N3O/c1-3-4-13(11-7-10(2)15(18)20-8-11)16(22)21-14-6-5-12(17)9-19-14/h5-9,13H,3-4H2,1-2H3,(H,19,21,22). The minimum absolute atomic E-state index is 0.111. The molecule has 0 aliphatic heterocycles. The van der Waals surface area contributed by atoms with Crippen LogP contribution in [0.4, 0.5) is 5.82 Å². The highest BCUT2D eigenvalue weighted by molar-refractivity contribution is 6.30. The molecule has 1 unspecified atom stereocenters. The van der Waals surface area contributed by atoms with Crippen molar-refractivity contribution in [1.82, 2.24) is 9.97 Å². The average molecular weight is 338 g/mol. The number of carbonyl (C=O) groups is 1. The molecule has 4 nitrogen and oxygen atoms in total. The molecule has 0 aromatic carbocycles. The molecule has 2 aromatic rings. The van der Waals surface area contributed by atoms with Gasteiger partial charge in [-0.15, -0.1) is 0 Å². The lowest BCUT2D eigenvalue weighted by Crippen LogP contribution is -2.22. The molecule has 0 fully saturated rings. The topological polar surface area (TPSA) is 54.9 Å². The number of aryl methyl sites for hydroxylation is 1. The Balaban J connectivity index is 2.20. The number of halogens is 2. The number of hydrogen-bond acceptors (Lipinski definition) is 3. The third-order valence-electron chi connectivity index (χ3n) is 3.31. The summed E-state index contributed by atoms with van der Waals surface area (Å²) in [4.78, 5) is 20.8. The van der Waals surface area contributed by atoms with Gasteiger partial charge in [0, 0.05) is 12.4 Å². The number of anilines is 1. The Morgan fingerprint density at radius 2 is 2.05 bits per heavy atom. The zero-order chi connectivity index (χ0) is 16.1. The number of amides is 1. The molecule has 22 heavy (non-hydrogen) atoms. The minimum atomic E-state index is -0.286. The van der Waals surface area contributed by atoms with Crippen molar-refractivity contribution in [3.05, 3.63) is 51.9 Å². The van der Waals surface area contributed by atoms with Crippen LogP contribution in [0, 0.1) is 6.92 Å². The van der Waals surface area contributed by atoms with Gasteiger partial charge in [0.05, 0.1) is 10.9 Å². The maximum Gasteiger partial charge on any atom is 0.233 e. The zero-order valence-electron chi connectivity index (χ0n) is 12.4. The Hall–Kier alpha value is -1.65. The predicted octanol–water partition coefficient (Wildman–Crippen LogP) is 4.61. The van der Waals surface area contributed by atoms with Crippen LogP contribution in [0.3, 0.4) is 0 Å². The molecule has 1 N–H and O–H groups in total. The van der Waals surface area contributed by atoms with Crippen LogP contribution < -0.4 is 5.32 Å². The van der Waals surface area contributed by atoms with E-state index in [9.17, 15) is 4.79 Å². The Labute approximate surface area is 139 Å². The lowest BCUT2D eigenvalue weighted by molar-refractivity contribution is -0.117. The molecule has 0 saturated heterocycles. The number of nitrogens with zero attached hydrogens (tertiary/aromatic N) is 2. The van der Waals surface area contributed by atoms with Gasteiger partial charge in [-0.1, -0.05) is 42.6 Å². The largest absolute Gasteiger partial charge is 0.310 e. The second kappa shape index (κ2) is 7.56. The van der Waals surface area contributed by atoms with E-state index >= 15 is 0 Å². The van der Waals surface area contributed by atoms with E-state index in [-0.39, 0.29) is 11.8 Å². The smallest absolute Gasteiger partial charge is 0.233 e. The molecular formula is C16H17Cl2N3O. The number of carbonyl (C=O) groups excluding carboxylic acids is 1. The summed E-state index contributed by atoms with van der Waals surface area (Å²) in [5.41, 5.74) is 1.72. The number of rotatable bonds is 5. The van der Waals surface area contributed by atoms with Gasteiger partial charge in [-0.2, -0.15) is 0 Å². The molecule has 0 bridgehead atoms. The van der Waals surface area contributed by atoms with Gasteiger partial charge >= 0.3 is 0 Å². The third kappa shape index (κ3) is 4.18. The molecule has 2 rings (SSSR count). The van der Waals surface area contributed by atoms with Gasteiger partial charge < -0.3 is 5.32 Å². The SMILES string of the molecule is CCCC(C(=O)Nc1ccc(Cl)cn1)c1cnc(Cl)c(C)c1. The third-order valence-corrected chi connectivity index (χ3v) is 3.93. The fourth-order valence-corrected chi connectivity index (χ4v) is 2.39. The summed E-state index contributed by atoms with van der Waals surface area (Å²) in [6.07, 6.45) is 4.76. The Morgan fingerprint density at radius 3 is 2.64 bits per heavy atom. The number of pyridine rings is 2. The lowest BCUT2D eigenvalue weighted by atomic mass is 9.94. The molecule has 2 heterocycles. The van der Waals surface area contributed by atoms with Gasteiger partial charge in [0.15, 0.2) is 0 Å². The normalized spacial score (nSPS) is 12.0. The van der Waals surface area contributed by atoms with E-state index in [1.165, 1.54) is 6.20 Å². The van der Waals surface area contributed by atoms with Gasteiger partial charge in [0.1, 0.15) is 11.0 Å². The van der Waals surface area contributed by atoms with Crippen LogP contribution >= 0.6 is 23.2 Å². The van der Waals surface area contributed by atoms with Gasteiger partial charge in [-0.05, 0) is 36.6 Å². The summed E-state index contributed by atoms with van der Waals surface area (Å²) in [6, 6.07) is 5.27. The summed E-state index contributed by atoms with van der Waals surface area (Å²) in [7, 11) is 0. The molecule has 116 valence electrons. The van der Waals surface area contributed by atoms with Crippen molar-refractivity contribution >= 4 is 34.9 Å². The molecule has 0 spiro atoms. The fourth-order valence-electron chi connectivity index (χ4n) is 2.17. The highest BCUT2D eigenvalue weighted by atomic mass is 35.5. The van der Waals surface area contributed by atoms with Crippen molar-refractivity contribution < 1.29 is 4.79 Å². The molecule has 1 atom stereocenters.